The number of nitrogens with one attached hydrogen (secondary N) is 1. The Hall–Kier alpha value is -1.85. The highest BCUT2D eigenvalue weighted by molar-refractivity contribution is 7.17. The number of pyridine rings is 1. The molecule has 3 aromatic heterocycles. The molecule has 0 spiro atoms. The summed E-state index contributed by atoms with van der Waals surface area (Å²) in [4.78, 5) is 13.3. The van der Waals surface area contributed by atoms with Gasteiger partial charge in [0.15, 0.2) is 5.82 Å². The second kappa shape index (κ2) is 6.07. The minimum Gasteiger partial charge on any atom is -0.313 e. The normalized spacial score (nSPS) is 11.1. The minimum atomic E-state index is 0.729. The van der Waals surface area contributed by atoms with Crippen LogP contribution in [0.25, 0.3) is 21.6 Å². The molecule has 0 aliphatic carbocycles. The van der Waals surface area contributed by atoms with Crippen LogP contribution in [0, 0.1) is 0 Å². The van der Waals surface area contributed by atoms with E-state index in [4.69, 9.17) is 0 Å². The molecule has 0 saturated heterocycles. The summed E-state index contributed by atoms with van der Waals surface area (Å²) in [6, 6.07) is 4.12. The number of hydrogen-bond acceptors (Lipinski definition) is 5. The number of aromatic nitrogens is 3. The zero-order valence-corrected chi connectivity index (χ0v) is 12.2. The Bertz CT molecular complexity index is 690. The predicted molar refractivity (Wildman–Crippen MR) is 82.6 cm³/mol. The summed E-state index contributed by atoms with van der Waals surface area (Å²) in [6.45, 7) is 3.98. The van der Waals surface area contributed by atoms with Crippen molar-refractivity contribution in [2.75, 3.05) is 6.54 Å². The van der Waals surface area contributed by atoms with Crippen molar-refractivity contribution < 1.29 is 0 Å². The van der Waals surface area contributed by atoms with Gasteiger partial charge in [-0.25, -0.2) is 9.97 Å². The van der Waals surface area contributed by atoms with Gasteiger partial charge in [-0.2, -0.15) is 0 Å². The van der Waals surface area contributed by atoms with E-state index >= 15 is 0 Å². The number of hydrogen-bond donors (Lipinski definition) is 1. The van der Waals surface area contributed by atoms with Gasteiger partial charge in [-0.1, -0.05) is 6.92 Å². The quantitative estimate of drug-likeness (QED) is 0.731. The first-order valence-corrected chi connectivity index (χ1v) is 7.60. The van der Waals surface area contributed by atoms with Gasteiger partial charge in [-0.05, 0) is 30.5 Å². The number of nitrogens with zero attached hydrogens (tertiary/aromatic N) is 3. The van der Waals surface area contributed by atoms with Crippen molar-refractivity contribution in [1.82, 2.24) is 20.3 Å². The van der Waals surface area contributed by atoms with Crippen molar-refractivity contribution in [3.05, 3.63) is 41.7 Å². The number of fused-ring (bicyclic) bond motifs is 1. The SMILES string of the molecule is CCCNCc1cnc(-c2cnc3ccsc3c2)nc1. The molecule has 0 saturated carbocycles. The maximum atomic E-state index is 4.43. The molecular formula is C15H16N4S. The van der Waals surface area contributed by atoms with E-state index in [1.165, 1.54) is 4.70 Å². The Labute approximate surface area is 121 Å². The molecule has 0 aromatic carbocycles. The molecule has 3 heterocycles. The highest BCUT2D eigenvalue weighted by Crippen LogP contribution is 2.23. The summed E-state index contributed by atoms with van der Waals surface area (Å²) in [5.41, 5.74) is 3.10. The first kappa shape index (κ1) is 13.1. The van der Waals surface area contributed by atoms with E-state index in [0.717, 1.165) is 42.0 Å². The van der Waals surface area contributed by atoms with Crippen LogP contribution >= 0.6 is 11.3 Å². The molecule has 102 valence electrons. The van der Waals surface area contributed by atoms with Crippen LogP contribution in [-0.4, -0.2) is 21.5 Å². The lowest BCUT2D eigenvalue weighted by molar-refractivity contribution is 0.672. The molecule has 4 nitrogen and oxygen atoms in total. The van der Waals surface area contributed by atoms with Gasteiger partial charge in [-0.3, -0.25) is 4.98 Å². The smallest absolute Gasteiger partial charge is 0.160 e. The maximum absolute atomic E-state index is 4.43. The van der Waals surface area contributed by atoms with Crippen molar-refractivity contribution in [1.29, 1.82) is 0 Å². The molecular weight excluding hydrogens is 268 g/mol. The lowest BCUT2D eigenvalue weighted by Crippen LogP contribution is -2.14. The Balaban J connectivity index is 1.79. The van der Waals surface area contributed by atoms with Crippen LogP contribution in [0.4, 0.5) is 0 Å². The van der Waals surface area contributed by atoms with Gasteiger partial charge in [0.2, 0.25) is 0 Å². The summed E-state index contributed by atoms with van der Waals surface area (Å²) < 4.78 is 1.17. The van der Waals surface area contributed by atoms with Crippen molar-refractivity contribution in [2.45, 2.75) is 19.9 Å². The third-order valence-corrected chi connectivity index (χ3v) is 3.88. The highest BCUT2D eigenvalue weighted by Gasteiger charge is 2.04. The molecule has 0 aliphatic heterocycles. The lowest BCUT2D eigenvalue weighted by Gasteiger charge is -2.04. The first-order valence-electron chi connectivity index (χ1n) is 6.72. The molecule has 0 atom stereocenters. The van der Waals surface area contributed by atoms with Crippen LogP contribution in [0.5, 0.6) is 0 Å². The van der Waals surface area contributed by atoms with E-state index in [2.05, 4.69) is 33.3 Å². The van der Waals surface area contributed by atoms with Crippen molar-refractivity contribution >= 4 is 21.6 Å². The molecule has 0 aliphatic rings. The summed E-state index contributed by atoms with van der Waals surface area (Å²) in [5, 5.41) is 5.39. The third kappa shape index (κ3) is 2.84. The largest absolute Gasteiger partial charge is 0.313 e. The zero-order chi connectivity index (χ0) is 13.8. The molecule has 3 rings (SSSR count). The van der Waals surface area contributed by atoms with E-state index < -0.39 is 0 Å². The first-order chi connectivity index (χ1) is 9.86. The second-order valence-corrected chi connectivity index (χ2v) is 5.57. The van der Waals surface area contributed by atoms with Crippen LogP contribution < -0.4 is 5.32 Å². The topological polar surface area (TPSA) is 50.7 Å². The molecule has 5 heteroatoms. The summed E-state index contributed by atoms with van der Waals surface area (Å²) in [6.07, 6.45) is 6.72. The van der Waals surface area contributed by atoms with Crippen molar-refractivity contribution in [3.8, 4) is 11.4 Å². The van der Waals surface area contributed by atoms with Gasteiger partial charge in [0.05, 0.1) is 10.2 Å². The van der Waals surface area contributed by atoms with Crippen LogP contribution in [0.2, 0.25) is 0 Å². The standard InChI is InChI=1S/C15H16N4S/c1-2-4-16-7-11-8-18-15(19-9-11)12-6-14-13(17-10-12)3-5-20-14/h3,5-6,8-10,16H,2,4,7H2,1H3. The van der Waals surface area contributed by atoms with Crippen LogP contribution in [0.15, 0.2) is 36.1 Å². The third-order valence-electron chi connectivity index (χ3n) is 3.02. The monoisotopic (exact) mass is 284 g/mol. The fourth-order valence-corrected chi connectivity index (χ4v) is 2.75. The van der Waals surface area contributed by atoms with Crippen molar-refractivity contribution in [2.24, 2.45) is 0 Å². The van der Waals surface area contributed by atoms with E-state index in [0.29, 0.717) is 0 Å². The molecule has 0 amide bonds. The molecule has 0 radical (unpaired) electrons. The average molecular weight is 284 g/mol. The fraction of sp³-hybridized carbons (Fsp3) is 0.267. The predicted octanol–water partition coefficient (Wildman–Crippen LogP) is 3.25. The highest BCUT2D eigenvalue weighted by atomic mass is 32.1. The second-order valence-electron chi connectivity index (χ2n) is 4.62. The van der Waals surface area contributed by atoms with Gasteiger partial charge in [0, 0.05) is 36.3 Å². The molecule has 0 unspecified atom stereocenters. The van der Waals surface area contributed by atoms with Gasteiger partial charge < -0.3 is 5.32 Å². The van der Waals surface area contributed by atoms with Gasteiger partial charge >= 0.3 is 0 Å². The van der Waals surface area contributed by atoms with E-state index in [-0.39, 0.29) is 0 Å². The molecule has 3 aromatic rings. The van der Waals surface area contributed by atoms with E-state index in [1.807, 2.05) is 30.0 Å². The summed E-state index contributed by atoms with van der Waals surface area (Å²) in [7, 11) is 0. The Morgan fingerprint density at radius 2 is 2.00 bits per heavy atom. The van der Waals surface area contributed by atoms with Crippen LogP contribution in [0.3, 0.4) is 0 Å². The fourth-order valence-electron chi connectivity index (χ4n) is 1.97. The molecule has 0 fully saturated rings. The summed E-state index contributed by atoms with van der Waals surface area (Å²) >= 11 is 1.68. The molecule has 0 bridgehead atoms. The number of rotatable bonds is 5. The molecule has 20 heavy (non-hydrogen) atoms. The molecule has 1 N–H and O–H groups in total. The average Bonchev–Trinajstić information content (AvgIpc) is 2.96. The van der Waals surface area contributed by atoms with Gasteiger partial charge in [0.1, 0.15) is 0 Å². The number of thiophene rings is 1. The van der Waals surface area contributed by atoms with Crippen molar-refractivity contribution in [3.63, 3.8) is 0 Å². The van der Waals surface area contributed by atoms with Crippen LogP contribution in [-0.2, 0) is 6.54 Å². The zero-order valence-electron chi connectivity index (χ0n) is 11.3. The van der Waals surface area contributed by atoms with E-state index in [1.54, 1.807) is 11.3 Å². The van der Waals surface area contributed by atoms with E-state index in [9.17, 15) is 0 Å². The Morgan fingerprint density at radius 3 is 2.80 bits per heavy atom. The Morgan fingerprint density at radius 1 is 1.15 bits per heavy atom. The maximum Gasteiger partial charge on any atom is 0.160 e. The van der Waals surface area contributed by atoms with Gasteiger partial charge in [0.25, 0.3) is 0 Å². The summed E-state index contributed by atoms with van der Waals surface area (Å²) in [5.74, 6) is 0.729. The van der Waals surface area contributed by atoms with Crippen LogP contribution in [0.1, 0.15) is 18.9 Å². The van der Waals surface area contributed by atoms with Gasteiger partial charge in [-0.15, -0.1) is 11.3 Å². The Kier molecular flexibility index (Phi) is 3.99. The lowest BCUT2D eigenvalue weighted by atomic mass is 10.2. The minimum absolute atomic E-state index is 0.729.